The number of anilines is 2. The lowest BCUT2D eigenvalue weighted by Gasteiger charge is -2.28. The molecule has 0 saturated carbocycles. The minimum Gasteiger partial charge on any atom is -0.490 e. The van der Waals surface area contributed by atoms with Crippen LogP contribution < -0.4 is 14.4 Å². The number of rotatable bonds is 9. The normalized spacial score (nSPS) is 16.1. The average Bonchev–Trinajstić information content (AvgIpc) is 3.21. The lowest BCUT2D eigenvalue weighted by atomic mass is 10.1. The SMILES string of the molecule is CCOc1cc(N(CC2CCOC2)c2ccc(C(=O)O)cc2)ccc1OC(F)F. The van der Waals surface area contributed by atoms with Crippen molar-refractivity contribution in [1.29, 1.82) is 0 Å². The molecule has 0 radical (unpaired) electrons. The van der Waals surface area contributed by atoms with E-state index in [9.17, 15) is 13.6 Å². The van der Waals surface area contributed by atoms with Crippen LogP contribution in [0, 0.1) is 5.92 Å². The molecule has 29 heavy (non-hydrogen) atoms. The Bertz CT molecular complexity index is 822. The summed E-state index contributed by atoms with van der Waals surface area (Å²) in [5.74, 6) is -0.516. The van der Waals surface area contributed by atoms with Crippen molar-refractivity contribution < 1.29 is 32.9 Å². The number of hydrogen-bond donors (Lipinski definition) is 1. The summed E-state index contributed by atoms with van der Waals surface area (Å²) < 4.78 is 40.9. The van der Waals surface area contributed by atoms with Crippen molar-refractivity contribution in [1.82, 2.24) is 0 Å². The molecule has 0 amide bonds. The first kappa shape index (κ1) is 20.9. The van der Waals surface area contributed by atoms with Gasteiger partial charge in [0.15, 0.2) is 11.5 Å². The van der Waals surface area contributed by atoms with E-state index in [-0.39, 0.29) is 17.1 Å². The van der Waals surface area contributed by atoms with Gasteiger partial charge in [-0.15, -0.1) is 0 Å². The second kappa shape index (κ2) is 9.56. The summed E-state index contributed by atoms with van der Waals surface area (Å²) in [7, 11) is 0. The minimum absolute atomic E-state index is 0.0315. The van der Waals surface area contributed by atoms with E-state index in [0.717, 1.165) is 17.8 Å². The highest BCUT2D eigenvalue weighted by molar-refractivity contribution is 5.88. The van der Waals surface area contributed by atoms with E-state index in [1.54, 1.807) is 31.2 Å². The molecule has 0 aliphatic carbocycles. The van der Waals surface area contributed by atoms with E-state index in [1.807, 2.05) is 4.90 Å². The van der Waals surface area contributed by atoms with Gasteiger partial charge in [-0.3, -0.25) is 0 Å². The minimum atomic E-state index is -2.95. The predicted molar refractivity (Wildman–Crippen MR) is 104 cm³/mol. The first-order valence-electron chi connectivity index (χ1n) is 9.38. The number of carboxylic acid groups (broad SMARTS) is 1. The van der Waals surface area contributed by atoms with Crippen LogP contribution in [0.2, 0.25) is 0 Å². The van der Waals surface area contributed by atoms with Crippen LogP contribution in [-0.4, -0.2) is 44.1 Å². The molecule has 2 aromatic rings. The summed E-state index contributed by atoms with van der Waals surface area (Å²) in [6.07, 6.45) is 0.911. The molecule has 1 unspecified atom stereocenters. The van der Waals surface area contributed by atoms with Gasteiger partial charge in [-0.25, -0.2) is 4.79 Å². The van der Waals surface area contributed by atoms with Crippen LogP contribution in [0.25, 0.3) is 0 Å². The molecule has 1 atom stereocenters. The molecule has 1 fully saturated rings. The summed E-state index contributed by atoms with van der Waals surface area (Å²) in [6, 6.07) is 11.3. The number of ether oxygens (including phenoxy) is 3. The number of halogens is 2. The third-order valence-corrected chi connectivity index (χ3v) is 4.65. The molecular formula is C21H23F2NO5. The van der Waals surface area contributed by atoms with Crippen LogP contribution in [0.15, 0.2) is 42.5 Å². The molecule has 1 heterocycles. The zero-order chi connectivity index (χ0) is 20.8. The zero-order valence-corrected chi connectivity index (χ0v) is 16.0. The highest BCUT2D eigenvalue weighted by Crippen LogP contribution is 2.36. The molecule has 0 bridgehead atoms. The largest absolute Gasteiger partial charge is 0.490 e. The van der Waals surface area contributed by atoms with Crippen molar-refractivity contribution in [2.45, 2.75) is 20.0 Å². The number of alkyl halides is 2. The maximum atomic E-state index is 12.7. The van der Waals surface area contributed by atoms with Crippen LogP contribution >= 0.6 is 0 Å². The van der Waals surface area contributed by atoms with Gasteiger partial charge in [-0.1, -0.05) is 0 Å². The predicted octanol–water partition coefficient (Wildman–Crippen LogP) is 4.56. The lowest BCUT2D eigenvalue weighted by Crippen LogP contribution is -2.25. The van der Waals surface area contributed by atoms with E-state index in [1.165, 1.54) is 18.2 Å². The van der Waals surface area contributed by atoms with Crippen LogP contribution in [0.4, 0.5) is 20.2 Å². The van der Waals surface area contributed by atoms with Gasteiger partial charge < -0.3 is 24.2 Å². The fourth-order valence-corrected chi connectivity index (χ4v) is 3.26. The highest BCUT2D eigenvalue weighted by Gasteiger charge is 2.22. The molecule has 6 nitrogen and oxygen atoms in total. The highest BCUT2D eigenvalue weighted by atomic mass is 19.3. The maximum Gasteiger partial charge on any atom is 0.387 e. The van der Waals surface area contributed by atoms with E-state index in [2.05, 4.69) is 4.74 Å². The second-order valence-corrected chi connectivity index (χ2v) is 6.63. The maximum absolute atomic E-state index is 12.7. The van der Waals surface area contributed by atoms with E-state index in [0.29, 0.717) is 32.3 Å². The van der Waals surface area contributed by atoms with Crippen LogP contribution in [0.5, 0.6) is 11.5 Å². The van der Waals surface area contributed by atoms with E-state index in [4.69, 9.17) is 14.6 Å². The number of benzene rings is 2. The average molecular weight is 407 g/mol. The van der Waals surface area contributed by atoms with Gasteiger partial charge in [0.25, 0.3) is 0 Å². The number of carbonyl (C=O) groups is 1. The van der Waals surface area contributed by atoms with Gasteiger partial charge in [-0.05, 0) is 49.7 Å². The Hall–Kier alpha value is -2.87. The number of aromatic carboxylic acids is 1. The lowest BCUT2D eigenvalue weighted by molar-refractivity contribution is -0.0514. The van der Waals surface area contributed by atoms with Gasteiger partial charge in [-0.2, -0.15) is 8.78 Å². The molecule has 8 heteroatoms. The van der Waals surface area contributed by atoms with Gasteiger partial charge in [0.05, 0.1) is 18.8 Å². The summed E-state index contributed by atoms with van der Waals surface area (Å²) in [4.78, 5) is 13.2. The van der Waals surface area contributed by atoms with Gasteiger partial charge in [0.1, 0.15) is 0 Å². The number of nitrogens with zero attached hydrogens (tertiary/aromatic N) is 1. The van der Waals surface area contributed by atoms with Crippen molar-refractivity contribution in [3.05, 3.63) is 48.0 Å². The smallest absolute Gasteiger partial charge is 0.387 e. The van der Waals surface area contributed by atoms with Gasteiger partial charge in [0, 0.05) is 36.5 Å². The topological polar surface area (TPSA) is 68.2 Å². The fraction of sp³-hybridized carbons (Fsp3) is 0.381. The first-order chi connectivity index (χ1) is 14.0. The fourth-order valence-electron chi connectivity index (χ4n) is 3.26. The molecule has 1 aliphatic heterocycles. The number of hydrogen-bond acceptors (Lipinski definition) is 5. The van der Waals surface area contributed by atoms with Crippen molar-refractivity contribution in [3.63, 3.8) is 0 Å². The Kier molecular flexibility index (Phi) is 6.87. The Morgan fingerprint density at radius 3 is 2.52 bits per heavy atom. The van der Waals surface area contributed by atoms with Gasteiger partial charge >= 0.3 is 12.6 Å². The van der Waals surface area contributed by atoms with Crippen molar-refractivity contribution in [3.8, 4) is 11.5 Å². The quantitative estimate of drug-likeness (QED) is 0.657. The standard InChI is InChI=1S/C21H23F2NO5/c1-2-28-19-11-17(7-8-18(19)29-21(22)23)24(12-14-9-10-27-13-14)16-5-3-15(4-6-16)20(25)26/h3-8,11,14,21H,2,9-10,12-13H2,1H3,(H,25,26). The second-order valence-electron chi connectivity index (χ2n) is 6.63. The van der Waals surface area contributed by atoms with Crippen LogP contribution in [-0.2, 0) is 4.74 Å². The molecule has 1 N–H and O–H groups in total. The molecule has 1 aliphatic rings. The first-order valence-corrected chi connectivity index (χ1v) is 9.38. The summed E-state index contributed by atoms with van der Waals surface area (Å²) in [5, 5.41) is 9.14. The zero-order valence-electron chi connectivity index (χ0n) is 16.0. The van der Waals surface area contributed by atoms with Crippen molar-refractivity contribution >= 4 is 17.3 Å². The molecule has 0 spiro atoms. The Balaban J connectivity index is 1.95. The van der Waals surface area contributed by atoms with Crippen LogP contribution in [0.3, 0.4) is 0 Å². The third-order valence-electron chi connectivity index (χ3n) is 4.65. The number of carboxylic acids is 1. The molecule has 2 aromatic carbocycles. The Labute approximate surface area is 167 Å². The van der Waals surface area contributed by atoms with Crippen molar-refractivity contribution in [2.24, 2.45) is 5.92 Å². The molecule has 156 valence electrons. The summed E-state index contributed by atoms with van der Waals surface area (Å²) in [5.41, 5.74) is 1.70. The molecular weight excluding hydrogens is 384 g/mol. The summed E-state index contributed by atoms with van der Waals surface area (Å²) >= 11 is 0. The van der Waals surface area contributed by atoms with Gasteiger partial charge in [0.2, 0.25) is 0 Å². The third kappa shape index (κ3) is 5.35. The monoisotopic (exact) mass is 407 g/mol. The molecule has 1 saturated heterocycles. The molecule has 3 rings (SSSR count). The van der Waals surface area contributed by atoms with Crippen molar-refractivity contribution in [2.75, 3.05) is 31.3 Å². The Morgan fingerprint density at radius 2 is 1.93 bits per heavy atom. The summed E-state index contributed by atoms with van der Waals surface area (Å²) in [6.45, 7) is 1.07. The van der Waals surface area contributed by atoms with E-state index >= 15 is 0 Å². The van der Waals surface area contributed by atoms with E-state index < -0.39 is 12.6 Å². The van der Waals surface area contributed by atoms with Crippen LogP contribution in [0.1, 0.15) is 23.7 Å². The molecule has 0 aromatic heterocycles. The Morgan fingerprint density at radius 1 is 1.21 bits per heavy atom.